The zero-order valence-corrected chi connectivity index (χ0v) is 18.3. The highest BCUT2D eigenvalue weighted by Crippen LogP contribution is 2.33. The molecule has 6 nitrogen and oxygen atoms in total. The third kappa shape index (κ3) is 4.05. The number of benzene rings is 2. The van der Waals surface area contributed by atoms with Crippen molar-refractivity contribution in [3.05, 3.63) is 59.1 Å². The Morgan fingerprint density at radius 1 is 1.20 bits per heavy atom. The molecule has 1 fully saturated rings. The first-order valence-electron chi connectivity index (χ1n) is 9.79. The molecule has 0 N–H and O–H groups in total. The van der Waals surface area contributed by atoms with Crippen LogP contribution in [0.2, 0.25) is 5.02 Å². The van der Waals surface area contributed by atoms with E-state index in [9.17, 15) is 14.4 Å². The van der Waals surface area contributed by atoms with Gasteiger partial charge in [-0.05, 0) is 62.7 Å². The van der Waals surface area contributed by atoms with Crippen molar-refractivity contribution in [2.24, 2.45) is 0 Å². The second-order valence-electron chi connectivity index (χ2n) is 7.84. The van der Waals surface area contributed by atoms with E-state index in [4.69, 9.17) is 16.3 Å². The van der Waals surface area contributed by atoms with E-state index in [1.807, 2.05) is 20.8 Å². The maximum absolute atomic E-state index is 13.5. The van der Waals surface area contributed by atoms with Crippen molar-refractivity contribution in [1.29, 1.82) is 0 Å². The van der Waals surface area contributed by atoms with Gasteiger partial charge in [-0.1, -0.05) is 24.6 Å². The van der Waals surface area contributed by atoms with E-state index in [0.717, 1.165) is 4.90 Å². The van der Waals surface area contributed by atoms with Gasteiger partial charge in [-0.2, -0.15) is 0 Å². The molecule has 0 aliphatic carbocycles. The first kappa shape index (κ1) is 21.8. The molecule has 0 aromatic heterocycles. The van der Waals surface area contributed by atoms with Gasteiger partial charge in [-0.15, -0.1) is 0 Å². The quantitative estimate of drug-likeness (QED) is 0.643. The number of ether oxygens (including phenoxy) is 1. The van der Waals surface area contributed by atoms with E-state index in [1.165, 1.54) is 12.0 Å². The van der Waals surface area contributed by atoms with E-state index in [1.54, 1.807) is 48.5 Å². The fraction of sp³-hybridized carbons (Fsp3) is 0.348. The molecule has 2 aromatic carbocycles. The van der Waals surface area contributed by atoms with Crippen LogP contribution in [0.15, 0.2) is 48.5 Å². The van der Waals surface area contributed by atoms with E-state index in [0.29, 0.717) is 28.4 Å². The molecule has 30 heavy (non-hydrogen) atoms. The first-order valence-corrected chi connectivity index (χ1v) is 10.2. The number of carbonyl (C=O) groups is 3. The zero-order chi connectivity index (χ0) is 22.1. The Labute approximate surface area is 181 Å². The van der Waals surface area contributed by atoms with Crippen LogP contribution < -0.4 is 9.64 Å². The van der Waals surface area contributed by atoms with E-state index >= 15 is 0 Å². The number of imide groups is 1. The molecule has 3 rings (SSSR count). The lowest BCUT2D eigenvalue weighted by atomic mass is 9.94. The number of rotatable bonds is 6. The summed E-state index contributed by atoms with van der Waals surface area (Å²) in [5, 5.41) is 0.511. The summed E-state index contributed by atoms with van der Waals surface area (Å²) in [6.45, 7) is 5.74. The molecular formula is C23H25ClN2O4. The Bertz CT molecular complexity index is 971. The maximum atomic E-state index is 13.5. The zero-order valence-electron chi connectivity index (χ0n) is 17.5. The maximum Gasteiger partial charge on any atom is 0.257 e. The second-order valence-corrected chi connectivity index (χ2v) is 8.27. The predicted molar refractivity (Wildman–Crippen MR) is 116 cm³/mol. The van der Waals surface area contributed by atoms with Crippen molar-refractivity contribution in [2.75, 3.05) is 12.0 Å². The van der Waals surface area contributed by atoms with Gasteiger partial charge in [-0.3, -0.25) is 14.4 Å². The fourth-order valence-corrected chi connectivity index (χ4v) is 3.71. The number of anilines is 1. The van der Waals surface area contributed by atoms with Crippen LogP contribution in [0.1, 0.15) is 44.0 Å². The van der Waals surface area contributed by atoms with Crippen molar-refractivity contribution in [2.45, 2.75) is 45.2 Å². The lowest BCUT2D eigenvalue weighted by Gasteiger charge is -2.41. The van der Waals surface area contributed by atoms with Gasteiger partial charge in [0.05, 0.1) is 19.2 Å². The highest BCUT2D eigenvalue weighted by Gasteiger charge is 2.48. The van der Waals surface area contributed by atoms with Crippen LogP contribution >= 0.6 is 11.6 Å². The van der Waals surface area contributed by atoms with Crippen LogP contribution in [0.3, 0.4) is 0 Å². The average Bonchev–Trinajstić information content (AvgIpc) is 3.02. The summed E-state index contributed by atoms with van der Waals surface area (Å²) >= 11 is 5.93. The molecule has 1 atom stereocenters. The van der Waals surface area contributed by atoms with Crippen LogP contribution in [-0.4, -0.2) is 41.3 Å². The molecule has 0 spiro atoms. The van der Waals surface area contributed by atoms with Crippen LogP contribution in [0.4, 0.5) is 5.69 Å². The van der Waals surface area contributed by atoms with Gasteiger partial charge in [0, 0.05) is 16.1 Å². The Morgan fingerprint density at radius 3 is 2.47 bits per heavy atom. The summed E-state index contributed by atoms with van der Waals surface area (Å²) in [5.41, 5.74) is 0.206. The summed E-state index contributed by atoms with van der Waals surface area (Å²) in [6.07, 6.45) is 0.544. The van der Waals surface area contributed by atoms with Gasteiger partial charge in [0.1, 0.15) is 11.8 Å². The third-order valence-corrected chi connectivity index (χ3v) is 5.82. The van der Waals surface area contributed by atoms with E-state index in [2.05, 4.69) is 0 Å². The Morgan fingerprint density at radius 2 is 1.87 bits per heavy atom. The van der Waals surface area contributed by atoms with Crippen molar-refractivity contribution in [3.8, 4) is 5.75 Å². The Hall–Kier alpha value is -2.86. The summed E-state index contributed by atoms with van der Waals surface area (Å²) in [6, 6.07) is 12.4. The largest absolute Gasteiger partial charge is 0.497 e. The molecule has 0 saturated carbocycles. The predicted octanol–water partition coefficient (Wildman–Crippen LogP) is 4.31. The van der Waals surface area contributed by atoms with Crippen LogP contribution in [0, 0.1) is 0 Å². The van der Waals surface area contributed by atoms with Gasteiger partial charge in [-0.25, -0.2) is 4.90 Å². The van der Waals surface area contributed by atoms with Gasteiger partial charge in [0.25, 0.3) is 11.8 Å². The lowest BCUT2D eigenvalue weighted by Crippen LogP contribution is -2.55. The molecule has 1 aliphatic heterocycles. The van der Waals surface area contributed by atoms with E-state index < -0.39 is 17.5 Å². The first-order chi connectivity index (χ1) is 14.2. The number of methoxy groups -OCH3 is 1. The molecule has 7 heteroatoms. The van der Waals surface area contributed by atoms with Gasteiger partial charge in [0.15, 0.2) is 0 Å². The van der Waals surface area contributed by atoms with Gasteiger partial charge >= 0.3 is 0 Å². The summed E-state index contributed by atoms with van der Waals surface area (Å²) < 4.78 is 5.23. The minimum absolute atomic E-state index is 0.0689. The SMILES string of the molecule is CCC(C)(C)N(C(=O)c1cccc(OC)c1)C1CC(=O)N(c2ccc(Cl)cc2)C1=O. The second kappa shape index (κ2) is 8.48. The number of hydrogen-bond donors (Lipinski definition) is 0. The molecular weight excluding hydrogens is 404 g/mol. The molecule has 158 valence electrons. The third-order valence-electron chi connectivity index (χ3n) is 5.57. The van der Waals surface area contributed by atoms with Crippen molar-refractivity contribution in [1.82, 2.24) is 4.90 Å². The number of hydrogen-bond acceptors (Lipinski definition) is 4. The number of amides is 3. The van der Waals surface area contributed by atoms with Crippen LogP contribution in [-0.2, 0) is 9.59 Å². The van der Waals surface area contributed by atoms with Crippen molar-refractivity contribution in [3.63, 3.8) is 0 Å². The molecule has 0 radical (unpaired) electrons. The lowest BCUT2D eigenvalue weighted by molar-refractivity contribution is -0.123. The topological polar surface area (TPSA) is 66.9 Å². The molecule has 1 unspecified atom stereocenters. The monoisotopic (exact) mass is 428 g/mol. The number of nitrogens with zero attached hydrogens (tertiary/aromatic N) is 2. The Balaban J connectivity index is 2.00. The molecule has 0 bridgehead atoms. The average molecular weight is 429 g/mol. The van der Waals surface area contributed by atoms with Crippen molar-refractivity contribution >= 4 is 35.0 Å². The van der Waals surface area contributed by atoms with Crippen LogP contribution in [0.5, 0.6) is 5.75 Å². The number of halogens is 1. The fourth-order valence-electron chi connectivity index (χ4n) is 3.58. The molecule has 2 aromatic rings. The van der Waals surface area contributed by atoms with Gasteiger partial charge < -0.3 is 9.64 Å². The minimum atomic E-state index is -0.887. The standard InChI is InChI=1S/C23H25ClN2O4/c1-5-23(2,3)26(21(28)15-7-6-8-18(13-15)30-4)19-14-20(27)25(22(19)29)17-11-9-16(24)10-12-17/h6-13,19H,5,14H2,1-4H3. The summed E-state index contributed by atoms with van der Waals surface area (Å²) in [7, 11) is 1.53. The molecule has 1 aliphatic rings. The number of carbonyl (C=O) groups excluding carboxylic acids is 3. The molecule has 1 saturated heterocycles. The molecule has 1 heterocycles. The highest BCUT2D eigenvalue weighted by atomic mass is 35.5. The van der Waals surface area contributed by atoms with E-state index in [-0.39, 0.29) is 18.2 Å². The Kier molecular flexibility index (Phi) is 6.17. The molecule has 3 amide bonds. The van der Waals surface area contributed by atoms with Gasteiger partial charge in [0.2, 0.25) is 5.91 Å². The minimum Gasteiger partial charge on any atom is -0.497 e. The summed E-state index contributed by atoms with van der Waals surface area (Å²) in [5.74, 6) is -0.528. The van der Waals surface area contributed by atoms with Crippen LogP contribution in [0.25, 0.3) is 0 Å². The van der Waals surface area contributed by atoms with Crippen molar-refractivity contribution < 1.29 is 19.1 Å². The smallest absolute Gasteiger partial charge is 0.257 e. The highest BCUT2D eigenvalue weighted by molar-refractivity contribution is 6.31. The summed E-state index contributed by atoms with van der Waals surface area (Å²) in [4.78, 5) is 42.3. The normalized spacial score (nSPS) is 16.7.